The third kappa shape index (κ3) is 8.16. The van der Waals surface area contributed by atoms with Gasteiger partial charge in [-0.05, 0) is 50.5 Å². The second kappa shape index (κ2) is 11.1. The molecule has 0 aliphatic carbocycles. The Morgan fingerprint density at radius 2 is 1.73 bits per heavy atom. The van der Waals surface area contributed by atoms with E-state index in [2.05, 4.69) is 21.2 Å². The Hall–Kier alpha value is -2.38. The zero-order valence-corrected chi connectivity index (χ0v) is 19.2. The SMILES string of the molecule is CC(C)(C)OC(=O)N(CCc1ccc(NC(=O)CBr)cc1)C[C@H](O)c1ccccc1. The minimum Gasteiger partial charge on any atom is -0.444 e. The number of amides is 2. The molecule has 162 valence electrons. The van der Waals surface area contributed by atoms with E-state index in [-0.39, 0.29) is 17.8 Å². The van der Waals surface area contributed by atoms with E-state index in [1.165, 1.54) is 4.90 Å². The van der Waals surface area contributed by atoms with E-state index in [0.29, 0.717) is 18.7 Å². The number of aliphatic hydroxyl groups is 1. The fraction of sp³-hybridized carbons (Fsp3) is 0.391. The molecule has 0 aliphatic rings. The molecule has 0 fully saturated rings. The summed E-state index contributed by atoms with van der Waals surface area (Å²) in [5.41, 5.74) is 1.85. The molecule has 30 heavy (non-hydrogen) atoms. The second-order valence-electron chi connectivity index (χ2n) is 7.98. The normalized spacial score (nSPS) is 12.2. The van der Waals surface area contributed by atoms with E-state index in [1.54, 1.807) is 0 Å². The Labute approximate surface area is 186 Å². The number of hydrogen-bond acceptors (Lipinski definition) is 4. The van der Waals surface area contributed by atoms with E-state index >= 15 is 0 Å². The Bertz CT molecular complexity index is 819. The van der Waals surface area contributed by atoms with Gasteiger partial charge in [-0.1, -0.05) is 58.4 Å². The van der Waals surface area contributed by atoms with Gasteiger partial charge in [-0.25, -0.2) is 4.79 Å². The molecule has 1 atom stereocenters. The van der Waals surface area contributed by atoms with Crippen molar-refractivity contribution in [2.45, 2.75) is 38.9 Å². The van der Waals surface area contributed by atoms with E-state index in [1.807, 2.05) is 75.4 Å². The lowest BCUT2D eigenvalue weighted by atomic mass is 10.1. The van der Waals surface area contributed by atoms with Crippen LogP contribution in [0.4, 0.5) is 10.5 Å². The number of nitrogens with one attached hydrogen (secondary N) is 1. The molecule has 7 heteroatoms. The number of anilines is 1. The first-order chi connectivity index (χ1) is 14.2. The highest BCUT2D eigenvalue weighted by Gasteiger charge is 2.24. The third-order valence-electron chi connectivity index (χ3n) is 4.26. The third-order valence-corrected chi connectivity index (χ3v) is 4.77. The number of benzene rings is 2. The van der Waals surface area contributed by atoms with Crippen molar-refractivity contribution >= 4 is 33.6 Å². The molecule has 2 rings (SSSR count). The summed E-state index contributed by atoms with van der Waals surface area (Å²) in [6, 6.07) is 16.7. The molecule has 0 saturated carbocycles. The van der Waals surface area contributed by atoms with Crippen LogP contribution in [0.3, 0.4) is 0 Å². The second-order valence-corrected chi connectivity index (χ2v) is 8.54. The van der Waals surface area contributed by atoms with Gasteiger partial charge in [0.05, 0.1) is 18.0 Å². The average molecular weight is 477 g/mol. The van der Waals surface area contributed by atoms with Crippen LogP contribution >= 0.6 is 15.9 Å². The zero-order valence-electron chi connectivity index (χ0n) is 17.6. The van der Waals surface area contributed by atoms with Crippen molar-refractivity contribution in [2.75, 3.05) is 23.7 Å². The summed E-state index contributed by atoms with van der Waals surface area (Å²) < 4.78 is 5.52. The van der Waals surface area contributed by atoms with Gasteiger partial charge < -0.3 is 20.1 Å². The smallest absolute Gasteiger partial charge is 0.410 e. The lowest BCUT2D eigenvalue weighted by Crippen LogP contribution is -2.40. The molecule has 6 nitrogen and oxygen atoms in total. The van der Waals surface area contributed by atoms with Gasteiger partial charge in [0.15, 0.2) is 0 Å². The molecule has 0 aromatic heterocycles. The number of aliphatic hydroxyl groups excluding tert-OH is 1. The standard InChI is InChI=1S/C23H29BrN2O4/c1-23(2,3)30-22(29)26(16-20(27)18-7-5-4-6-8-18)14-13-17-9-11-19(12-10-17)25-21(28)15-24/h4-12,20,27H,13-16H2,1-3H3,(H,25,28)/t20-/m0/s1. The molecular weight excluding hydrogens is 448 g/mol. The first-order valence-corrected chi connectivity index (χ1v) is 11.0. The van der Waals surface area contributed by atoms with Gasteiger partial charge >= 0.3 is 6.09 Å². The maximum atomic E-state index is 12.7. The Morgan fingerprint density at radius 3 is 2.30 bits per heavy atom. The van der Waals surface area contributed by atoms with Gasteiger partial charge in [-0.2, -0.15) is 0 Å². The summed E-state index contributed by atoms with van der Waals surface area (Å²) in [6.07, 6.45) is -0.674. The first kappa shape index (κ1) is 23.9. The largest absolute Gasteiger partial charge is 0.444 e. The predicted octanol–water partition coefficient (Wildman–Crippen LogP) is 4.53. The lowest BCUT2D eigenvalue weighted by molar-refractivity contribution is -0.113. The maximum Gasteiger partial charge on any atom is 0.410 e. The summed E-state index contributed by atoms with van der Waals surface area (Å²) in [5, 5.41) is 13.6. The van der Waals surface area contributed by atoms with Crippen molar-refractivity contribution in [1.29, 1.82) is 0 Å². The van der Waals surface area contributed by atoms with Crippen LogP contribution in [0.15, 0.2) is 54.6 Å². The average Bonchev–Trinajstić information content (AvgIpc) is 2.71. The Kier molecular flexibility index (Phi) is 8.87. The molecule has 2 aromatic rings. The zero-order chi connectivity index (χ0) is 22.1. The molecule has 0 heterocycles. The Balaban J connectivity index is 2.05. The van der Waals surface area contributed by atoms with Crippen LogP contribution in [0.1, 0.15) is 38.0 Å². The molecule has 2 aromatic carbocycles. The number of carbonyl (C=O) groups excluding carboxylic acids is 2. The molecule has 2 amide bonds. The molecule has 0 aliphatic heterocycles. The number of hydrogen-bond donors (Lipinski definition) is 2. The number of nitrogens with zero attached hydrogens (tertiary/aromatic N) is 1. The van der Waals surface area contributed by atoms with Gasteiger partial charge in [-0.3, -0.25) is 4.79 Å². The van der Waals surface area contributed by atoms with Crippen molar-refractivity contribution in [3.63, 3.8) is 0 Å². The monoisotopic (exact) mass is 476 g/mol. The van der Waals surface area contributed by atoms with Crippen LogP contribution in [-0.4, -0.2) is 46.0 Å². The Morgan fingerprint density at radius 1 is 1.10 bits per heavy atom. The van der Waals surface area contributed by atoms with Crippen LogP contribution in [0.25, 0.3) is 0 Å². The molecule has 0 spiro atoms. The van der Waals surface area contributed by atoms with Gasteiger partial charge in [0.25, 0.3) is 0 Å². The molecule has 0 radical (unpaired) electrons. The van der Waals surface area contributed by atoms with Crippen LogP contribution in [0, 0.1) is 0 Å². The van der Waals surface area contributed by atoms with Gasteiger partial charge in [0, 0.05) is 12.2 Å². The van der Waals surface area contributed by atoms with Crippen LogP contribution in [0.5, 0.6) is 0 Å². The number of ether oxygens (including phenoxy) is 1. The lowest BCUT2D eigenvalue weighted by Gasteiger charge is -2.29. The van der Waals surface area contributed by atoms with Gasteiger partial charge in [0.1, 0.15) is 5.60 Å². The fourth-order valence-corrected chi connectivity index (χ4v) is 2.93. The van der Waals surface area contributed by atoms with E-state index in [4.69, 9.17) is 4.74 Å². The summed E-state index contributed by atoms with van der Waals surface area (Å²) in [4.78, 5) is 25.7. The van der Waals surface area contributed by atoms with E-state index in [9.17, 15) is 14.7 Å². The van der Waals surface area contributed by atoms with Crippen molar-refractivity contribution in [2.24, 2.45) is 0 Å². The van der Waals surface area contributed by atoms with Crippen molar-refractivity contribution in [3.05, 3.63) is 65.7 Å². The van der Waals surface area contributed by atoms with Crippen molar-refractivity contribution < 1.29 is 19.4 Å². The number of carbonyl (C=O) groups is 2. The van der Waals surface area contributed by atoms with Crippen molar-refractivity contribution in [1.82, 2.24) is 4.90 Å². The van der Waals surface area contributed by atoms with Crippen LogP contribution < -0.4 is 5.32 Å². The summed E-state index contributed by atoms with van der Waals surface area (Å²) >= 11 is 3.12. The topological polar surface area (TPSA) is 78.9 Å². The quantitative estimate of drug-likeness (QED) is 0.548. The minimum absolute atomic E-state index is 0.117. The first-order valence-electron chi connectivity index (χ1n) is 9.83. The number of alkyl halides is 1. The molecule has 0 bridgehead atoms. The molecule has 0 saturated heterocycles. The summed E-state index contributed by atoms with van der Waals surface area (Å²) in [7, 11) is 0. The number of halogens is 1. The van der Waals surface area contributed by atoms with E-state index < -0.39 is 17.8 Å². The highest BCUT2D eigenvalue weighted by Crippen LogP contribution is 2.18. The highest BCUT2D eigenvalue weighted by molar-refractivity contribution is 9.09. The minimum atomic E-state index is -0.805. The fourth-order valence-electron chi connectivity index (χ4n) is 2.79. The maximum absolute atomic E-state index is 12.7. The number of rotatable bonds is 8. The van der Waals surface area contributed by atoms with E-state index in [0.717, 1.165) is 11.1 Å². The highest BCUT2D eigenvalue weighted by atomic mass is 79.9. The summed E-state index contributed by atoms with van der Waals surface area (Å²) in [5.74, 6) is -0.117. The van der Waals surface area contributed by atoms with Crippen molar-refractivity contribution in [3.8, 4) is 0 Å². The van der Waals surface area contributed by atoms with Gasteiger partial charge in [0.2, 0.25) is 5.91 Å². The van der Waals surface area contributed by atoms with Crippen LogP contribution in [0.2, 0.25) is 0 Å². The van der Waals surface area contributed by atoms with Gasteiger partial charge in [-0.15, -0.1) is 0 Å². The predicted molar refractivity (Wildman–Crippen MR) is 122 cm³/mol. The summed E-state index contributed by atoms with van der Waals surface area (Å²) in [6.45, 7) is 5.98. The molecule has 2 N–H and O–H groups in total. The van der Waals surface area contributed by atoms with Crippen LogP contribution in [-0.2, 0) is 16.0 Å². The molecular formula is C23H29BrN2O4. The molecule has 0 unspecified atom stereocenters.